The van der Waals surface area contributed by atoms with Crippen molar-refractivity contribution in [1.29, 1.82) is 0 Å². The van der Waals surface area contributed by atoms with Gasteiger partial charge in [-0.05, 0) is 34.4 Å². The topological polar surface area (TPSA) is 42.4 Å². The molecular formula is C13H15NO2S. The van der Waals surface area contributed by atoms with Gasteiger partial charge in [0, 0.05) is 18.7 Å². The van der Waals surface area contributed by atoms with E-state index in [0.29, 0.717) is 18.7 Å². The number of rotatable bonds is 5. The molecule has 2 aromatic heterocycles. The monoisotopic (exact) mass is 249 g/mol. The van der Waals surface area contributed by atoms with E-state index < -0.39 is 0 Å². The number of methoxy groups -OCH3 is 1. The Hall–Kier alpha value is -1.39. The minimum absolute atomic E-state index is 0.361. The molecule has 0 radical (unpaired) electrons. The number of aliphatic hydroxyl groups excluding tert-OH is 1. The molecule has 0 aliphatic carbocycles. The van der Waals surface area contributed by atoms with Crippen molar-refractivity contribution >= 4 is 11.3 Å². The van der Waals surface area contributed by atoms with Crippen LogP contribution in [0.4, 0.5) is 0 Å². The van der Waals surface area contributed by atoms with Gasteiger partial charge in [0.25, 0.3) is 0 Å². The molecule has 17 heavy (non-hydrogen) atoms. The van der Waals surface area contributed by atoms with Crippen LogP contribution in [0.5, 0.6) is 5.88 Å². The lowest BCUT2D eigenvalue weighted by atomic mass is 10.0. The Morgan fingerprint density at radius 1 is 1.29 bits per heavy atom. The molecule has 0 saturated carbocycles. The van der Waals surface area contributed by atoms with Crippen LogP contribution in [-0.2, 0) is 12.8 Å². The highest BCUT2D eigenvalue weighted by Gasteiger charge is 2.07. The summed E-state index contributed by atoms with van der Waals surface area (Å²) in [6.45, 7) is 0. The Morgan fingerprint density at radius 2 is 2.12 bits per heavy atom. The number of hydrogen-bond acceptors (Lipinski definition) is 4. The van der Waals surface area contributed by atoms with Crippen LogP contribution in [0, 0.1) is 0 Å². The number of aromatic nitrogens is 1. The van der Waals surface area contributed by atoms with Gasteiger partial charge in [-0.3, -0.25) is 0 Å². The molecule has 0 saturated heterocycles. The summed E-state index contributed by atoms with van der Waals surface area (Å²) in [7, 11) is 1.59. The first-order valence-corrected chi connectivity index (χ1v) is 6.40. The van der Waals surface area contributed by atoms with E-state index in [9.17, 15) is 5.11 Å². The second-order valence-electron chi connectivity index (χ2n) is 3.90. The fourth-order valence-electron chi connectivity index (χ4n) is 1.68. The summed E-state index contributed by atoms with van der Waals surface area (Å²) in [6, 6.07) is 5.79. The van der Waals surface area contributed by atoms with Gasteiger partial charge >= 0.3 is 0 Å². The van der Waals surface area contributed by atoms with Gasteiger partial charge in [0.15, 0.2) is 0 Å². The second kappa shape index (κ2) is 5.80. The van der Waals surface area contributed by atoms with Crippen molar-refractivity contribution in [2.24, 2.45) is 0 Å². The summed E-state index contributed by atoms with van der Waals surface area (Å²) in [4.78, 5) is 4.12. The predicted octanol–water partition coefficient (Wildman–Crippen LogP) is 2.30. The van der Waals surface area contributed by atoms with Crippen LogP contribution in [0.1, 0.15) is 11.1 Å². The van der Waals surface area contributed by atoms with Crippen molar-refractivity contribution in [3.63, 3.8) is 0 Å². The van der Waals surface area contributed by atoms with Crippen molar-refractivity contribution in [1.82, 2.24) is 4.98 Å². The van der Waals surface area contributed by atoms with E-state index in [1.807, 2.05) is 23.6 Å². The van der Waals surface area contributed by atoms with Crippen LogP contribution >= 0.6 is 11.3 Å². The number of aliphatic hydroxyl groups is 1. The third kappa shape index (κ3) is 3.54. The summed E-state index contributed by atoms with van der Waals surface area (Å²) in [5.74, 6) is 0.598. The van der Waals surface area contributed by atoms with E-state index >= 15 is 0 Å². The van der Waals surface area contributed by atoms with Gasteiger partial charge in [-0.25, -0.2) is 4.98 Å². The standard InChI is InChI=1S/C13H15NO2S/c1-16-13-3-2-10(8-14-13)6-12(15)7-11-4-5-17-9-11/h2-5,8-9,12,15H,6-7H2,1H3. The number of pyridine rings is 1. The zero-order chi connectivity index (χ0) is 12.1. The first-order valence-electron chi connectivity index (χ1n) is 5.46. The second-order valence-corrected chi connectivity index (χ2v) is 4.68. The highest BCUT2D eigenvalue weighted by atomic mass is 32.1. The maximum Gasteiger partial charge on any atom is 0.212 e. The normalized spacial score (nSPS) is 12.4. The third-order valence-corrected chi connectivity index (χ3v) is 3.26. The average molecular weight is 249 g/mol. The molecular weight excluding hydrogens is 234 g/mol. The van der Waals surface area contributed by atoms with E-state index in [0.717, 1.165) is 5.56 Å². The molecule has 0 bridgehead atoms. The lowest BCUT2D eigenvalue weighted by Crippen LogP contribution is -2.13. The van der Waals surface area contributed by atoms with Crippen LogP contribution in [0.3, 0.4) is 0 Å². The van der Waals surface area contributed by atoms with E-state index in [1.165, 1.54) is 5.56 Å². The largest absolute Gasteiger partial charge is 0.481 e. The minimum Gasteiger partial charge on any atom is -0.481 e. The highest BCUT2D eigenvalue weighted by Crippen LogP contribution is 2.13. The molecule has 0 amide bonds. The Morgan fingerprint density at radius 3 is 2.71 bits per heavy atom. The van der Waals surface area contributed by atoms with Gasteiger partial charge < -0.3 is 9.84 Å². The van der Waals surface area contributed by atoms with E-state index in [4.69, 9.17) is 4.74 Å². The number of thiophene rings is 1. The van der Waals surface area contributed by atoms with Gasteiger partial charge in [-0.2, -0.15) is 11.3 Å². The summed E-state index contributed by atoms with van der Waals surface area (Å²) in [6.07, 6.45) is 2.69. The molecule has 0 fully saturated rings. The van der Waals surface area contributed by atoms with Crippen molar-refractivity contribution in [2.75, 3.05) is 7.11 Å². The summed E-state index contributed by atoms with van der Waals surface area (Å²) < 4.78 is 4.99. The first kappa shape index (κ1) is 12.1. The summed E-state index contributed by atoms with van der Waals surface area (Å²) >= 11 is 1.65. The third-order valence-electron chi connectivity index (χ3n) is 2.53. The molecule has 0 aliphatic rings. The zero-order valence-corrected chi connectivity index (χ0v) is 10.5. The van der Waals surface area contributed by atoms with Crippen LogP contribution < -0.4 is 4.74 Å². The first-order chi connectivity index (χ1) is 8.28. The van der Waals surface area contributed by atoms with Crippen molar-refractivity contribution in [3.05, 3.63) is 46.3 Å². The number of hydrogen-bond donors (Lipinski definition) is 1. The Labute approximate surface area is 105 Å². The number of nitrogens with zero attached hydrogens (tertiary/aromatic N) is 1. The molecule has 0 aromatic carbocycles. The van der Waals surface area contributed by atoms with E-state index in [-0.39, 0.29) is 6.10 Å². The molecule has 90 valence electrons. The zero-order valence-electron chi connectivity index (χ0n) is 9.67. The molecule has 1 N–H and O–H groups in total. The molecule has 1 unspecified atom stereocenters. The fraction of sp³-hybridized carbons (Fsp3) is 0.308. The van der Waals surface area contributed by atoms with Gasteiger partial charge in [0.05, 0.1) is 13.2 Å². The van der Waals surface area contributed by atoms with Crippen LogP contribution in [0.2, 0.25) is 0 Å². The summed E-state index contributed by atoms with van der Waals surface area (Å²) in [5.41, 5.74) is 2.21. The molecule has 2 aromatic rings. The molecule has 0 aliphatic heterocycles. The van der Waals surface area contributed by atoms with Crippen LogP contribution in [-0.4, -0.2) is 23.3 Å². The minimum atomic E-state index is -0.361. The number of ether oxygens (including phenoxy) is 1. The van der Waals surface area contributed by atoms with Gasteiger partial charge in [-0.15, -0.1) is 0 Å². The quantitative estimate of drug-likeness (QED) is 0.884. The molecule has 4 heteroatoms. The van der Waals surface area contributed by atoms with Crippen molar-refractivity contribution < 1.29 is 9.84 Å². The fourth-order valence-corrected chi connectivity index (χ4v) is 2.36. The molecule has 2 rings (SSSR count). The van der Waals surface area contributed by atoms with Crippen molar-refractivity contribution in [2.45, 2.75) is 18.9 Å². The molecule has 0 spiro atoms. The maximum atomic E-state index is 9.95. The van der Waals surface area contributed by atoms with E-state index in [1.54, 1.807) is 24.6 Å². The van der Waals surface area contributed by atoms with Crippen LogP contribution in [0.25, 0.3) is 0 Å². The highest BCUT2D eigenvalue weighted by molar-refractivity contribution is 7.07. The maximum absolute atomic E-state index is 9.95. The Kier molecular flexibility index (Phi) is 4.12. The van der Waals surface area contributed by atoms with Crippen molar-refractivity contribution in [3.8, 4) is 5.88 Å². The lowest BCUT2D eigenvalue weighted by Gasteiger charge is -2.09. The molecule has 1 atom stereocenters. The predicted molar refractivity (Wildman–Crippen MR) is 68.5 cm³/mol. The van der Waals surface area contributed by atoms with Crippen LogP contribution in [0.15, 0.2) is 35.2 Å². The smallest absolute Gasteiger partial charge is 0.212 e. The summed E-state index contributed by atoms with van der Waals surface area (Å²) in [5, 5.41) is 14.0. The van der Waals surface area contributed by atoms with Gasteiger partial charge in [0.1, 0.15) is 0 Å². The lowest BCUT2D eigenvalue weighted by molar-refractivity contribution is 0.175. The van der Waals surface area contributed by atoms with Gasteiger partial charge in [0.2, 0.25) is 5.88 Å². The Bertz CT molecular complexity index is 439. The SMILES string of the molecule is COc1ccc(CC(O)Cc2ccsc2)cn1. The van der Waals surface area contributed by atoms with E-state index in [2.05, 4.69) is 10.4 Å². The molecule has 2 heterocycles. The molecule has 3 nitrogen and oxygen atoms in total. The average Bonchev–Trinajstić information content (AvgIpc) is 2.82. The Balaban J connectivity index is 1.91. The van der Waals surface area contributed by atoms with Gasteiger partial charge in [-0.1, -0.05) is 6.07 Å².